The Morgan fingerprint density at radius 3 is 2.36 bits per heavy atom. The van der Waals surface area contributed by atoms with E-state index in [4.69, 9.17) is 0 Å². The fraction of sp³-hybridized carbons (Fsp3) is 1.00. The minimum absolute atomic E-state index is 0.867. The number of hydrogen-bond acceptors (Lipinski definition) is 1. The Labute approximate surface area is 69.8 Å². The molecule has 0 aromatic rings. The Morgan fingerprint density at radius 2 is 1.64 bits per heavy atom. The molecule has 0 saturated carbocycles. The largest absolute Gasteiger partial charge is 0.295 e. The van der Waals surface area contributed by atoms with E-state index in [1.54, 1.807) is 0 Å². The van der Waals surface area contributed by atoms with E-state index >= 15 is 0 Å². The molecule has 0 aromatic heterocycles. The molecule has 2 rings (SSSR count). The van der Waals surface area contributed by atoms with Crippen molar-refractivity contribution in [2.45, 2.75) is 64.1 Å². The zero-order chi connectivity index (χ0) is 7.84. The van der Waals surface area contributed by atoms with Gasteiger partial charge in [0.1, 0.15) is 0 Å². The molecule has 1 heteroatoms. The van der Waals surface area contributed by atoms with Gasteiger partial charge in [0, 0.05) is 18.1 Å². The molecule has 11 heavy (non-hydrogen) atoms. The molecule has 0 bridgehead atoms. The molecular weight excluding hydrogens is 134 g/mol. The SMILES string of the molecule is C[C@@H]1CCCC2CC[C@H](C)N21. The third kappa shape index (κ3) is 1.20. The minimum atomic E-state index is 0.867. The van der Waals surface area contributed by atoms with Crippen LogP contribution in [0.3, 0.4) is 0 Å². The van der Waals surface area contributed by atoms with Crippen LogP contribution in [-0.4, -0.2) is 23.0 Å². The average Bonchev–Trinajstić information content (AvgIpc) is 2.34. The van der Waals surface area contributed by atoms with Crippen molar-refractivity contribution >= 4 is 0 Å². The lowest BCUT2D eigenvalue weighted by Gasteiger charge is -2.38. The molecule has 0 amide bonds. The zero-order valence-corrected chi connectivity index (χ0v) is 7.71. The highest BCUT2D eigenvalue weighted by Gasteiger charge is 2.35. The smallest absolute Gasteiger partial charge is 0.0101 e. The highest BCUT2D eigenvalue weighted by Crippen LogP contribution is 2.34. The second kappa shape index (κ2) is 2.78. The summed E-state index contributed by atoms with van der Waals surface area (Å²) < 4.78 is 0. The van der Waals surface area contributed by atoms with Crippen LogP contribution < -0.4 is 0 Å². The molecular formula is C10H19N. The van der Waals surface area contributed by atoms with Crippen LogP contribution in [0.4, 0.5) is 0 Å². The molecule has 0 radical (unpaired) electrons. The molecule has 0 spiro atoms. The van der Waals surface area contributed by atoms with Gasteiger partial charge in [-0.1, -0.05) is 6.42 Å². The van der Waals surface area contributed by atoms with Crippen molar-refractivity contribution < 1.29 is 0 Å². The summed E-state index contributed by atoms with van der Waals surface area (Å²) in [5.41, 5.74) is 0. The number of piperidine rings is 1. The first kappa shape index (κ1) is 7.60. The third-order valence-electron chi connectivity index (χ3n) is 3.52. The first-order valence-electron chi connectivity index (χ1n) is 5.06. The molecule has 0 aliphatic carbocycles. The van der Waals surface area contributed by atoms with Crippen molar-refractivity contribution in [3.8, 4) is 0 Å². The summed E-state index contributed by atoms with van der Waals surface area (Å²) in [4.78, 5) is 2.75. The van der Waals surface area contributed by atoms with Crippen LogP contribution >= 0.6 is 0 Å². The van der Waals surface area contributed by atoms with Gasteiger partial charge in [-0.05, 0) is 39.5 Å². The monoisotopic (exact) mass is 153 g/mol. The van der Waals surface area contributed by atoms with Crippen molar-refractivity contribution in [1.82, 2.24) is 4.90 Å². The first-order valence-corrected chi connectivity index (χ1v) is 5.06. The predicted octanol–water partition coefficient (Wildman–Crippen LogP) is 2.41. The maximum atomic E-state index is 2.75. The van der Waals surface area contributed by atoms with E-state index in [0.717, 1.165) is 18.1 Å². The van der Waals surface area contributed by atoms with Crippen molar-refractivity contribution in [2.75, 3.05) is 0 Å². The number of rotatable bonds is 0. The van der Waals surface area contributed by atoms with Crippen LogP contribution in [0.1, 0.15) is 46.0 Å². The van der Waals surface area contributed by atoms with Gasteiger partial charge in [-0.15, -0.1) is 0 Å². The Morgan fingerprint density at radius 1 is 0.909 bits per heavy atom. The van der Waals surface area contributed by atoms with Crippen LogP contribution in [0.25, 0.3) is 0 Å². The molecule has 2 heterocycles. The van der Waals surface area contributed by atoms with Gasteiger partial charge in [0.25, 0.3) is 0 Å². The summed E-state index contributed by atoms with van der Waals surface area (Å²) in [6.07, 6.45) is 7.27. The van der Waals surface area contributed by atoms with Crippen LogP contribution in [0.5, 0.6) is 0 Å². The van der Waals surface area contributed by atoms with Gasteiger partial charge in [-0.25, -0.2) is 0 Å². The summed E-state index contributed by atoms with van der Waals surface area (Å²) in [6, 6.07) is 2.69. The minimum Gasteiger partial charge on any atom is -0.295 e. The van der Waals surface area contributed by atoms with E-state index in [2.05, 4.69) is 18.7 Å². The fourth-order valence-corrected chi connectivity index (χ4v) is 2.98. The van der Waals surface area contributed by atoms with E-state index in [-0.39, 0.29) is 0 Å². The maximum Gasteiger partial charge on any atom is 0.0101 e. The van der Waals surface area contributed by atoms with E-state index in [9.17, 15) is 0 Å². The molecule has 1 unspecified atom stereocenters. The molecule has 1 nitrogen and oxygen atoms in total. The number of hydrogen-bond donors (Lipinski definition) is 0. The van der Waals surface area contributed by atoms with E-state index in [1.165, 1.54) is 32.1 Å². The van der Waals surface area contributed by atoms with Gasteiger partial charge >= 0.3 is 0 Å². The summed E-state index contributed by atoms with van der Waals surface area (Å²) in [7, 11) is 0. The van der Waals surface area contributed by atoms with Gasteiger partial charge in [0.05, 0.1) is 0 Å². The zero-order valence-electron chi connectivity index (χ0n) is 7.71. The molecule has 0 aromatic carbocycles. The average molecular weight is 153 g/mol. The van der Waals surface area contributed by atoms with Crippen molar-refractivity contribution in [3.63, 3.8) is 0 Å². The molecule has 0 N–H and O–H groups in total. The van der Waals surface area contributed by atoms with Crippen LogP contribution in [0, 0.1) is 0 Å². The van der Waals surface area contributed by atoms with Gasteiger partial charge in [-0.2, -0.15) is 0 Å². The van der Waals surface area contributed by atoms with E-state index < -0.39 is 0 Å². The van der Waals surface area contributed by atoms with Gasteiger partial charge in [0.15, 0.2) is 0 Å². The number of fused-ring (bicyclic) bond motifs is 1. The highest BCUT2D eigenvalue weighted by atomic mass is 15.2. The molecule has 2 fully saturated rings. The molecule has 64 valence electrons. The van der Waals surface area contributed by atoms with Crippen LogP contribution in [-0.2, 0) is 0 Å². The standard InChI is InChI=1S/C10H19N/c1-8-4-3-5-10-7-6-9(2)11(8)10/h8-10H,3-7H2,1-2H3/t8-,9+,10?/m1/s1. The summed E-state index contributed by atoms with van der Waals surface area (Å²) >= 11 is 0. The molecule has 2 aliphatic heterocycles. The van der Waals surface area contributed by atoms with Crippen LogP contribution in [0.15, 0.2) is 0 Å². The van der Waals surface area contributed by atoms with Gasteiger partial charge in [-0.3, -0.25) is 4.90 Å². The quantitative estimate of drug-likeness (QED) is 0.516. The van der Waals surface area contributed by atoms with Crippen molar-refractivity contribution in [3.05, 3.63) is 0 Å². The lowest BCUT2D eigenvalue weighted by molar-refractivity contribution is 0.0997. The lowest BCUT2D eigenvalue weighted by atomic mass is 9.97. The summed E-state index contributed by atoms with van der Waals surface area (Å²) in [5, 5.41) is 0. The fourth-order valence-electron chi connectivity index (χ4n) is 2.98. The van der Waals surface area contributed by atoms with Crippen molar-refractivity contribution in [1.29, 1.82) is 0 Å². The molecule has 3 atom stereocenters. The predicted molar refractivity (Wildman–Crippen MR) is 47.6 cm³/mol. The Hall–Kier alpha value is -0.0400. The maximum absolute atomic E-state index is 2.75. The van der Waals surface area contributed by atoms with Gasteiger partial charge in [0.2, 0.25) is 0 Å². The second-order valence-electron chi connectivity index (χ2n) is 4.31. The Bertz CT molecular complexity index is 142. The van der Waals surface area contributed by atoms with E-state index in [1.807, 2.05) is 0 Å². The van der Waals surface area contributed by atoms with Gasteiger partial charge < -0.3 is 0 Å². The van der Waals surface area contributed by atoms with Crippen molar-refractivity contribution in [2.24, 2.45) is 0 Å². The topological polar surface area (TPSA) is 3.24 Å². The second-order valence-corrected chi connectivity index (χ2v) is 4.31. The summed E-state index contributed by atoms with van der Waals surface area (Å²) in [6.45, 7) is 4.79. The van der Waals surface area contributed by atoms with E-state index in [0.29, 0.717) is 0 Å². The lowest BCUT2D eigenvalue weighted by Crippen LogP contribution is -2.44. The third-order valence-corrected chi connectivity index (χ3v) is 3.52. The normalized spacial score (nSPS) is 45.8. The first-order chi connectivity index (χ1) is 5.29. The highest BCUT2D eigenvalue weighted by molar-refractivity contribution is 4.91. The Kier molecular flexibility index (Phi) is 1.92. The molecule has 2 aliphatic rings. The Balaban J connectivity index is 2.08. The number of nitrogens with zero attached hydrogens (tertiary/aromatic N) is 1. The molecule has 2 saturated heterocycles. The summed E-state index contributed by atoms with van der Waals surface area (Å²) in [5.74, 6) is 0. The van der Waals surface area contributed by atoms with Crippen LogP contribution in [0.2, 0.25) is 0 Å².